The topological polar surface area (TPSA) is 41.1 Å². The minimum atomic E-state index is -0.218. The normalized spacial score (nSPS) is 14.1. The molecule has 1 atom stereocenters. The third kappa shape index (κ3) is 3.69. The van der Waals surface area contributed by atoms with Gasteiger partial charge in [0.1, 0.15) is 6.04 Å². The number of hydrogen-bond acceptors (Lipinski definition) is 4. The zero-order valence-electron chi connectivity index (χ0n) is 7.84. The van der Waals surface area contributed by atoms with Gasteiger partial charge in [-0.05, 0) is 16.4 Å². The number of carbonyl (C=O) groups is 1. The average Bonchev–Trinajstić information content (AvgIpc) is 1.96. The molecule has 0 spiro atoms. The van der Waals surface area contributed by atoms with Gasteiger partial charge in [-0.2, -0.15) is 0 Å². The van der Waals surface area contributed by atoms with Crippen molar-refractivity contribution in [2.45, 2.75) is 26.8 Å². The quantitative estimate of drug-likeness (QED) is 0.371. The molecule has 0 aliphatic carbocycles. The Hall–Kier alpha value is 0.130. The predicted octanol–water partition coefficient (Wildman–Crippen LogP) is 1.23. The van der Waals surface area contributed by atoms with E-state index in [-0.39, 0.29) is 17.4 Å². The lowest BCUT2D eigenvalue weighted by atomic mass is 9.87. The van der Waals surface area contributed by atoms with Crippen LogP contribution < -0.4 is 10.0 Å². The first-order valence-electron chi connectivity index (χ1n) is 3.71. The smallest absolute Gasteiger partial charge is 0.238 e. The van der Waals surface area contributed by atoms with Gasteiger partial charge in [-0.3, -0.25) is 4.79 Å². The summed E-state index contributed by atoms with van der Waals surface area (Å²) in [4.78, 5) is 11.3. The van der Waals surface area contributed by atoms with Gasteiger partial charge >= 0.3 is 0 Å². The molecule has 0 saturated heterocycles. The first-order valence-corrected chi connectivity index (χ1v) is 5.58. The van der Waals surface area contributed by atoms with Gasteiger partial charge in [0.05, 0.1) is 0 Å². The Morgan fingerprint density at radius 1 is 1.50 bits per heavy atom. The van der Waals surface area contributed by atoms with Crippen LogP contribution in [0.5, 0.6) is 0 Å². The van der Waals surface area contributed by atoms with E-state index < -0.39 is 0 Å². The molecule has 0 bridgehead atoms. The Balaban J connectivity index is 4.33. The zero-order chi connectivity index (χ0) is 9.78. The molecule has 5 heteroatoms. The fraction of sp³-hybridized carbons (Fsp3) is 0.857. The van der Waals surface area contributed by atoms with Crippen LogP contribution in [0.1, 0.15) is 20.8 Å². The minimum absolute atomic E-state index is 0.0101. The average molecular weight is 208 g/mol. The van der Waals surface area contributed by atoms with Gasteiger partial charge in [-0.1, -0.05) is 32.4 Å². The lowest BCUT2D eigenvalue weighted by Gasteiger charge is -2.28. The SMILES string of the molecule is CNC(=O)[C@@H](NSS)C(C)(C)C. The maximum Gasteiger partial charge on any atom is 0.238 e. The Labute approximate surface area is 83.0 Å². The van der Waals surface area contributed by atoms with Gasteiger partial charge in [-0.15, -0.1) is 0 Å². The molecule has 0 heterocycles. The second-order valence-corrected chi connectivity index (χ2v) is 4.59. The summed E-state index contributed by atoms with van der Waals surface area (Å²) >= 11 is 3.95. The Bertz CT molecular complexity index is 156. The Kier molecular flexibility index (Phi) is 5.04. The molecule has 12 heavy (non-hydrogen) atoms. The van der Waals surface area contributed by atoms with E-state index in [2.05, 4.69) is 21.7 Å². The van der Waals surface area contributed by atoms with Gasteiger partial charge in [0.2, 0.25) is 5.91 Å². The lowest BCUT2D eigenvalue weighted by Crippen LogP contribution is -2.48. The number of hydrogen-bond donors (Lipinski definition) is 3. The van der Waals surface area contributed by atoms with Crippen LogP contribution in [-0.4, -0.2) is 19.0 Å². The van der Waals surface area contributed by atoms with Crippen LogP contribution >= 0.6 is 22.6 Å². The first kappa shape index (κ1) is 12.1. The van der Waals surface area contributed by atoms with E-state index in [1.54, 1.807) is 7.05 Å². The molecule has 72 valence electrons. The number of rotatable bonds is 3. The summed E-state index contributed by atoms with van der Waals surface area (Å²) in [6.45, 7) is 6.01. The van der Waals surface area contributed by atoms with E-state index in [4.69, 9.17) is 0 Å². The molecule has 0 aromatic carbocycles. The third-order valence-electron chi connectivity index (χ3n) is 1.55. The van der Waals surface area contributed by atoms with Gasteiger partial charge in [-0.25, -0.2) is 4.72 Å². The Morgan fingerprint density at radius 2 is 2.00 bits per heavy atom. The monoisotopic (exact) mass is 208 g/mol. The van der Waals surface area contributed by atoms with Crippen molar-refractivity contribution in [2.75, 3.05) is 7.05 Å². The van der Waals surface area contributed by atoms with Crippen molar-refractivity contribution in [3.8, 4) is 0 Å². The molecule has 0 aliphatic heterocycles. The summed E-state index contributed by atoms with van der Waals surface area (Å²) in [6, 6.07) is -0.218. The highest BCUT2D eigenvalue weighted by atomic mass is 33.1. The van der Waals surface area contributed by atoms with E-state index in [0.717, 1.165) is 11.0 Å². The van der Waals surface area contributed by atoms with Crippen LogP contribution in [0.3, 0.4) is 0 Å². The van der Waals surface area contributed by atoms with Crippen molar-refractivity contribution >= 4 is 28.5 Å². The summed E-state index contributed by atoms with van der Waals surface area (Å²) < 4.78 is 2.94. The highest BCUT2D eigenvalue weighted by molar-refractivity contribution is 8.67. The van der Waals surface area contributed by atoms with Crippen molar-refractivity contribution in [3.05, 3.63) is 0 Å². The third-order valence-corrected chi connectivity index (χ3v) is 2.20. The molecule has 1 amide bonds. The molecule has 0 aromatic rings. The van der Waals surface area contributed by atoms with Crippen LogP contribution in [0.15, 0.2) is 0 Å². The maximum absolute atomic E-state index is 11.3. The molecular weight excluding hydrogens is 192 g/mol. The summed E-state index contributed by atoms with van der Waals surface area (Å²) in [5.41, 5.74) is -0.101. The molecule has 0 radical (unpaired) electrons. The van der Waals surface area contributed by atoms with Crippen LogP contribution in [0.2, 0.25) is 0 Å². The number of amides is 1. The highest BCUT2D eigenvalue weighted by Gasteiger charge is 2.29. The molecule has 0 fully saturated rings. The van der Waals surface area contributed by atoms with E-state index >= 15 is 0 Å². The highest BCUT2D eigenvalue weighted by Crippen LogP contribution is 2.21. The van der Waals surface area contributed by atoms with Crippen molar-refractivity contribution in [1.29, 1.82) is 0 Å². The molecule has 0 unspecified atom stereocenters. The molecule has 0 saturated carbocycles. The second-order valence-electron chi connectivity index (χ2n) is 3.62. The van der Waals surface area contributed by atoms with Gasteiger partial charge in [0.15, 0.2) is 0 Å². The van der Waals surface area contributed by atoms with E-state index in [0.29, 0.717) is 0 Å². The van der Waals surface area contributed by atoms with Crippen molar-refractivity contribution in [3.63, 3.8) is 0 Å². The summed E-state index contributed by atoms with van der Waals surface area (Å²) in [5.74, 6) is -0.0101. The molecule has 0 aromatic heterocycles. The first-order chi connectivity index (χ1) is 5.43. The van der Waals surface area contributed by atoms with Crippen LogP contribution in [0.25, 0.3) is 0 Å². The number of nitrogens with one attached hydrogen (secondary N) is 2. The van der Waals surface area contributed by atoms with E-state index in [1.807, 2.05) is 20.8 Å². The van der Waals surface area contributed by atoms with Gasteiger partial charge < -0.3 is 5.32 Å². The Morgan fingerprint density at radius 3 is 2.25 bits per heavy atom. The zero-order valence-corrected chi connectivity index (χ0v) is 9.55. The molecular formula is C7H16N2OS2. The largest absolute Gasteiger partial charge is 0.358 e. The predicted molar refractivity (Wildman–Crippen MR) is 57.0 cm³/mol. The van der Waals surface area contributed by atoms with Gasteiger partial charge in [0.25, 0.3) is 0 Å². The molecule has 0 rings (SSSR count). The lowest BCUT2D eigenvalue weighted by molar-refractivity contribution is -0.124. The number of likely N-dealkylation sites (N-methyl/N-ethyl adjacent to an activating group) is 1. The summed E-state index contributed by atoms with van der Waals surface area (Å²) in [5, 5.41) is 2.61. The minimum Gasteiger partial charge on any atom is -0.358 e. The number of thiol groups is 1. The van der Waals surface area contributed by atoms with Crippen molar-refractivity contribution in [2.24, 2.45) is 5.41 Å². The fourth-order valence-corrected chi connectivity index (χ4v) is 1.70. The van der Waals surface area contributed by atoms with E-state index in [9.17, 15) is 4.79 Å². The molecule has 3 nitrogen and oxygen atoms in total. The van der Waals surface area contributed by atoms with Crippen molar-refractivity contribution < 1.29 is 4.79 Å². The van der Waals surface area contributed by atoms with E-state index in [1.165, 1.54) is 0 Å². The van der Waals surface area contributed by atoms with Gasteiger partial charge in [0, 0.05) is 7.05 Å². The summed E-state index contributed by atoms with van der Waals surface area (Å²) in [6.07, 6.45) is 0. The molecule has 2 N–H and O–H groups in total. The maximum atomic E-state index is 11.3. The van der Waals surface area contributed by atoms with Crippen molar-refractivity contribution in [1.82, 2.24) is 10.0 Å². The fourth-order valence-electron chi connectivity index (χ4n) is 0.821. The standard InChI is InChI=1S/C7H16N2OS2/c1-7(2,3)5(9-12-11)6(10)8-4/h5,9,11H,1-4H3,(H,8,10)/t5-/m1/s1. The molecule has 0 aliphatic rings. The van der Waals surface area contributed by atoms with Crippen LogP contribution in [-0.2, 0) is 4.79 Å². The number of carbonyl (C=O) groups excluding carboxylic acids is 1. The summed E-state index contributed by atoms with van der Waals surface area (Å²) in [7, 11) is 2.79. The van der Waals surface area contributed by atoms with Crippen LogP contribution in [0, 0.1) is 5.41 Å². The van der Waals surface area contributed by atoms with Crippen LogP contribution in [0.4, 0.5) is 0 Å². The second kappa shape index (κ2) is 4.99.